The molecule has 4 N–H and O–H groups in total. The highest BCUT2D eigenvalue weighted by molar-refractivity contribution is 5.02. The van der Waals surface area contributed by atoms with Gasteiger partial charge < -0.3 is 20.1 Å². The molecule has 20 heavy (non-hydrogen) atoms. The van der Waals surface area contributed by atoms with Crippen LogP contribution in [0.1, 0.15) is 20.1 Å². The SMILES string of the molecule is C[C@H](O)[C@@]1(CO)O[C@@H](n2ccc(=O)[nH]c2=O)[C@H](O)[C@@H]1C. The second-order valence-electron chi connectivity index (χ2n) is 5.09. The maximum atomic E-state index is 11.7. The van der Waals surface area contributed by atoms with Crippen LogP contribution in [0.3, 0.4) is 0 Å². The number of nitrogens with one attached hydrogen (secondary N) is 1. The largest absolute Gasteiger partial charge is 0.393 e. The fourth-order valence-electron chi connectivity index (χ4n) is 2.58. The maximum absolute atomic E-state index is 11.7. The van der Waals surface area contributed by atoms with Crippen molar-refractivity contribution < 1.29 is 20.1 Å². The van der Waals surface area contributed by atoms with Gasteiger partial charge in [0.2, 0.25) is 0 Å². The lowest BCUT2D eigenvalue weighted by molar-refractivity contribution is -0.165. The van der Waals surface area contributed by atoms with Gasteiger partial charge in [-0.3, -0.25) is 14.3 Å². The van der Waals surface area contributed by atoms with Gasteiger partial charge in [-0.25, -0.2) is 4.79 Å². The molecule has 8 heteroatoms. The predicted molar refractivity (Wildman–Crippen MR) is 68.1 cm³/mol. The summed E-state index contributed by atoms with van der Waals surface area (Å²) in [6.07, 6.45) is -2.03. The van der Waals surface area contributed by atoms with Crippen molar-refractivity contribution in [2.24, 2.45) is 5.92 Å². The lowest BCUT2D eigenvalue weighted by Crippen LogP contribution is -2.49. The minimum atomic E-state index is -1.36. The van der Waals surface area contributed by atoms with Crippen molar-refractivity contribution in [2.45, 2.75) is 37.9 Å². The fraction of sp³-hybridized carbons (Fsp3) is 0.667. The van der Waals surface area contributed by atoms with E-state index in [9.17, 15) is 24.9 Å². The van der Waals surface area contributed by atoms with Crippen molar-refractivity contribution in [3.05, 3.63) is 33.1 Å². The second-order valence-corrected chi connectivity index (χ2v) is 5.09. The van der Waals surface area contributed by atoms with E-state index < -0.39 is 47.8 Å². The average Bonchev–Trinajstić information content (AvgIpc) is 2.64. The highest BCUT2D eigenvalue weighted by Crippen LogP contribution is 2.42. The van der Waals surface area contributed by atoms with E-state index in [4.69, 9.17) is 4.74 Å². The number of aromatic amines is 1. The molecule has 1 saturated heterocycles. The van der Waals surface area contributed by atoms with Crippen molar-refractivity contribution in [3.63, 3.8) is 0 Å². The average molecular weight is 286 g/mol. The van der Waals surface area contributed by atoms with Crippen LogP contribution in [-0.4, -0.2) is 49.3 Å². The smallest absolute Gasteiger partial charge is 0.330 e. The Kier molecular flexibility index (Phi) is 3.83. The van der Waals surface area contributed by atoms with E-state index >= 15 is 0 Å². The van der Waals surface area contributed by atoms with E-state index in [2.05, 4.69) is 4.98 Å². The molecule has 5 atom stereocenters. The highest BCUT2D eigenvalue weighted by Gasteiger charge is 2.55. The molecule has 0 saturated carbocycles. The van der Waals surface area contributed by atoms with Crippen LogP contribution in [0.25, 0.3) is 0 Å². The molecule has 2 heterocycles. The van der Waals surface area contributed by atoms with E-state index in [1.807, 2.05) is 0 Å². The molecule has 0 bridgehead atoms. The monoisotopic (exact) mass is 286 g/mol. The minimum Gasteiger partial charge on any atom is -0.393 e. The standard InChI is InChI=1S/C12H18N2O6/c1-6-9(18)10(20-12(6,5-15)7(2)16)14-4-3-8(17)13-11(14)19/h3-4,6-7,9-10,15-16,18H,5H2,1-2H3,(H,13,17,19)/t6-,7-,9+,10+,12-/m0/s1. The third-order valence-corrected chi connectivity index (χ3v) is 3.99. The molecule has 2 rings (SSSR count). The molecular weight excluding hydrogens is 268 g/mol. The summed E-state index contributed by atoms with van der Waals surface area (Å²) in [4.78, 5) is 24.8. The third kappa shape index (κ3) is 2.10. The summed E-state index contributed by atoms with van der Waals surface area (Å²) in [6, 6.07) is 1.13. The Morgan fingerprint density at radius 2 is 2.20 bits per heavy atom. The molecular formula is C12H18N2O6. The number of ether oxygens (including phenoxy) is 1. The predicted octanol–water partition coefficient (Wildman–Crippen LogP) is -1.83. The van der Waals surface area contributed by atoms with Crippen molar-refractivity contribution >= 4 is 0 Å². The number of hydrogen-bond acceptors (Lipinski definition) is 6. The Morgan fingerprint density at radius 3 is 2.65 bits per heavy atom. The van der Waals surface area contributed by atoms with Crippen LogP contribution >= 0.6 is 0 Å². The molecule has 1 aliphatic rings. The number of H-pyrrole nitrogens is 1. The first-order chi connectivity index (χ1) is 9.33. The lowest BCUT2D eigenvalue weighted by atomic mass is 9.83. The molecule has 0 aromatic carbocycles. The van der Waals surface area contributed by atoms with Crippen LogP contribution < -0.4 is 11.2 Å². The van der Waals surface area contributed by atoms with Gasteiger partial charge in [0.25, 0.3) is 5.56 Å². The van der Waals surface area contributed by atoms with Crippen LogP contribution in [0.5, 0.6) is 0 Å². The van der Waals surface area contributed by atoms with Crippen molar-refractivity contribution in [2.75, 3.05) is 6.61 Å². The van der Waals surface area contributed by atoms with Crippen molar-refractivity contribution in [3.8, 4) is 0 Å². The number of aliphatic hydroxyl groups is 3. The number of hydrogen-bond donors (Lipinski definition) is 4. The first-order valence-corrected chi connectivity index (χ1v) is 6.29. The first kappa shape index (κ1) is 14.9. The topological polar surface area (TPSA) is 125 Å². The molecule has 0 radical (unpaired) electrons. The normalized spacial score (nSPS) is 35.1. The van der Waals surface area contributed by atoms with E-state index in [1.165, 1.54) is 13.1 Å². The van der Waals surface area contributed by atoms with Gasteiger partial charge in [0, 0.05) is 18.2 Å². The molecule has 1 fully saturated rings. The summed E-state index contributed by atoms with van der Waals surface area (Å²) < 4.78 is 6.61. The maximum Gasteiger partial charge on any atom is 0.330 e. The van der Waals surface area contributed by atoms with Gasteiger partial charge in [0.1, 0.15) is 11.7 Å². The van der Waals surface area contributed by atoms with E-state index in [0.29, 0.717) is 0 Å². The number of nitrogens with zero attached hydrogens (tertiary/aromatic N) is 1. The molecule has 1 aromatic heterocycles. The molecule has 0 unspecified atom stereocenters. The van der Waals surface area contributed by atoms with Gasteiger partial charge in [0.05, 0.1) is 12.7 Å². The summed E-state index contributed by atoms with van der Waals surface area (Å²) in [7, 11) is 0. The van der Waals surface area contributed by atoms with Gasteiger partial charge >= 0.3 is 5.69 Å². The summed E-state index contributed by atoms with van der Waals surface area (Å²) in [6.45, 7) is 2.55. The van der Waals surface area contributed by atoms with Crippen LogP contribution in [0.4, 0.5) is 0 Å². The second kappa shape index (κ2) is 5.13. The summed E-state index contributed by atoms with van der Waals surface area (Å²) >= 11 is 0. The lowest BCUT2D eigenvalue weighted by Gasteiger charge is -2.33. The molecule has 0 spiro atoms. The molecule has 1 aliphatic heterocycles. The van der Waals surface area contributed by atoms with Crippen LogP contribution in [0.15, 0.2) is 21.9 Å². The van der Waals surface area contributed by atoms with Crippen molar-refractivity contribution in [1.82, 2.24) is 9.55 Å². The van der Waals surface area contributed by atoms with Gasteiger partial charge in [0.15, 0.2) is 6.23 Å². The molecule has 0 amide bonds. The zero-order valence-corrected chi connectivity index (χ0v) is 11.2. The van der Waals surface area contributed by atoms with Crippen molar-refractivity contribution in [1.29, 1.82) is 0 Å². The van der Waals surface area contributed by atoms with E-state index in [0.717, 1.165) is 10.6 Å². The van der Waals surface area contributed by atoms with E-state index in [1.54, 1.807) is 6.92 Å². The number of rotatable bonds is 3. The zero-order valence-electron chi connectivity index (χ0n) is 11.2. The number of aliphatic hydroxyl groups excluding tert-OH is 3. The highest BCUT2D eigenvalue weighted by atomic mass is 16.6. The Morgan fingerprint density at radius 1 is 1.55 bits per heavy atom. The van der Waals surface area contributed by atoms with Gasteiger partial charge in [-0.1, -0.05) is 6.92 Å². The Bertz CT molecular complexity index is 594. The third-order valence-electron chi connectivity index (χ3n) is 3.99. The first-order valence-electron chi connectivity index (χ1n) is 6.29. The quantitative estimate of drug-likeness (QED) is 0.518. The summed E-state index contributed by atoms with van der Waals surface area (Å²) in [5, 5.41) is 29.6. The molecule has 1 aromatic rings. The zero-order chi connectivity index (χ0) is 15.1. The Hall–Kier alpha value is -1.48. The van der Waals surface area contributed by atoms with Crippen LogP contribution in [-0.2, 0) is 4.74 Å². The van der Waals surface area contributed by atoms with Crippen LogP contribution in [0, 0.1) is 5.92 Å². The van der Waals surface area contributed by atoms with Gasteiger partial charge in [-0.15, -0.1) is 0 Å². The van der Waals surface area contributed by atoms with Crippen LogP contribution in [0.2, 0.25) is 0 Å². The van der Waals surface area contributed by atoms with Gasteiger partial charge in [-0.2, -0.15) is 0 Å². The number of aromatic nitrogens is 2. The summed E-state index contributed by atoms with van der Waals surface area (Å²) in [5.74, 6) is -0.601. The Balaban J connectivity index is 2.45. The molecule has 112 valence electrons. The molecule has 8 nitrogen and oxygen atoms in total. The Labute approximate surface area is 114 Å². The minimum absolute atomic E-state index is 0.502. The fourth-order valence-corrected chi connectivity index (χ4v) is 2.58. The van der Waals surface area contributed by atoms with Gasteiger partial charge in [-0.05, 0) is 6.92 Å². The summed E-state index contributed by atoms with van der Waals surface area (Å²) in [5.41, 5.74) is -2.65. The molecule has 0 aliphatic carbocycles. The van der Waals surface area contributed by atoms with E-state index in [-0.39, 0.29) is 0 Å².